The molecular weight excluding hydrogens is 348 g/mol. The van der Waals surface area contributed by atoms with Crippen LogP contribution < -0.4 is 15.5 Å². The number of carbonyl (C=O) groups excluding carboxylic acids is 2. The lowest BCUT2D eigenvalue weighted by atomic mass is 10.0. The first-order valence-corrected chi connectivity index (χ1v) is 10.0. The zero-order valence-corrected chi connectivity index (χ0v) is 15.5. The molecule has 0 aromatic heterocycles. The molecule has 2 bridgehead atoms. The summed E-state index contributed by atoms with van der Waals surface area (Å²) in [5, 5.41) is 5.90. The van der Waals surface area contributed by atoms with E-state index >= 15 is 0 Å². The summed E-state index contributed by atoms with van der Waals surface area (Å²) in [5.41, 5.74) is 3.73. The molecule has 4 atom stereocenters. The van der Waals surface area contributed by atoms with Crippen LogP contribution in [0.1, 0.15) is 42.2 Å². The number of imide groups is 1. The van der Waals surface area contributed by atoms with Crippen molar-refractivity contribution >= 4 is 30.1 Å². The summed E-state index contributed by atoms with van der Waals surface area (Å²) in [6, 6.07) is 7.59. The minimum absolute atomic E-state index is 0.0947. The van der Waals surface area contributed by atoms with Crippen LogP contribution in [0, 0.1) is 0 Å². The van der Waals surface area contributed by atoms with Crippen LogP contribution in [0.2, 0.25) is 0 Å². The van der Waals surface area contributed by atoms with Crippen LogP contribution in [-0.4, -0.2) is 47.9 Å². The molecule has 2 amide bonds. The number of anilines is 1. The molecule has 2 N–H and O–H groups in total. The largest absolute Gasteiger partial charge is 0.363 e. The van der Waals surface area contributed by atoms with E-state index in [-0.39, 0.29) is 23.2 Å². The maximum absolute atomic E-state index is 12.3. The number of fused-ring (bicyclic) bond motifs is 3. The number of nitrogens with one attached hydrogen (secondary N) is 2. The number of carbonyl (C=O) groups is 2. The minimum Gasteiger partial charge on any atom is -0.363 e. The van der Waals surface area contributed by atoms with Crippen LogP contribution in [0.25, 0.3) is 0 Å². The lowest BCUT2D eigenvalue weighted by molar-refractivity contribution is -0.137. The molecule has 0 radical (unpaired) electrons. The van der Waals surface area contributed by atoms with E-state index in [1.807, 2.05) is 0 Å². The quantitative estimate of drug-likeness (QED) is 0.537. The Hall–Kier alpha value is -1.57. The molecule has 0 saturated carbocycles. The van der Waals surface area contributed by atoms with Crippen molar-refractivity contribution in [2.45, 2.75) is 55.7 Å². The Morgan fingerprint density at radius 1 is 1.08 bits per heavy atom. The van der Waals surface area contributed by atoms with Gasteiger partial charge in [0.1, 0.15) is 0 Å². The molecular formula is C19H24N4O2S. The molecule has 3 fully saturated rings. The summed E-state index contributed by atoms with van der Waals surface area (Å²) in [4.78, 5) is 28.4. The normalized spacial score (nSPS) is 34.1. The van der Waals surface area contributed by atoms with Gasteiger partial charge in [0.05, 0.1) is 11.4 Å². The molecule has 3 saturated heterocycles. The van der Waals surface area contributed by atoms with Gasteiger partial charge in [0.25, 0.3) is 0 Å². The van der Waals surface area contributed by atoms with Gasteiger partial charge in [-0.3, -0.25) is 19.8 Å². The number of hydrogen-bond donors (Lipinski definition) is 3. The maximum atomic E-state index is 12.3. The lowest BCUT2D eigenvalue weighted by Gasteiger charge is -2.37. The smallest absolute Gasteiger partial charge is 0.243 e. The topological polar surface area (TPSA) is 64.7 Å². The van der Waals surface area contributed by atoms with E-state index in [0.717, 1.165) is 13.1 Å². The van der Waals surface area contributed by atoms with Gasteiger partial charge in [-0.25, -0.2) is 0 Å². The van der Waals surface area contributed by atoms with Gasteiger partial charge in [0, 0.05) is 43.8 Å². The van der Waals surface area contributed by atoms with Crippen LogP contribution >= 0.6 is 12.6 Å². The molecule has 4 unspecified atom stereocenters. The van der Waals surface area contributed by atoms with E-state index in [4.69, 9.17) is 12.6 Å². The third-order valence-corrected chi connectivity index (χ3v) is 6.93. The molecule has 0 aliphatic carbocycles. The highest BCUT2D eigenvalue weighted by atomic mass is 32.1. The maximum Gasteiger partial charge on any atom is 0.243 e. The van der Waals surface area contributed by atoms with Gasteiger partial charge in [0.15, 0.2) is 0 Å². The number of benzene rings is 1. The van der Waals surface area contributed by atoms with Gasteiger partial charge >= 0.3 is 0 Å². The van der Waals surface area contributed by atoms with Crippen molar-refractivity contribution in [2.24, 2.45) is 0 Å². The van der Waals surface area contributed by atoms with E-state index in [1.165, 1.54) is 29.7 Å². The number of amides is 2. The molecule has 26 heavy (non-hydrogen) atoms. The molecule has 6 nitrogen and oxygen atoms in total. The minimum atomic E-state index is -0.276. The van der Waals surface area contributed by atoms with Crippen LogP contribution in [-0.2, 0) is 16.1 Å². The Kier molecular flexibility index (Phi) is 3.99. The highest BCUT2D eigenvalue weighted by molar-refractivity contribution is 7.80. The van der Waals surface area contributed by atoms with Gasteiger partial charge in [-0.05, 0) is 42.5 Å². The average Bonchev–Trinajstić information content (AvgIpc) is 3.08. The van der Waals surface area contributed by atoms with Crippen LogP contribution in [0.3, 0.4) is 0 Å². The number of hydrogen-bond acceptors (Lipinski definition) is 6. The van der Waals surface area contributed by atoms with E-state index < -0.39 is 0 Å². The fourth-order valence-corrected chi connectivity index (χ4v) is 5.58. The van der Waals surface area contributed by atoms with E-state index in [9.17, 15) is 9.59 Å². The van der Waals surface area contributed by atoms with E-state index in [1.54, 1.807) is 0 Å². The molecule has 4 aliphatic heterocycles. The van der Waals surface area contributed by atoms with Crippen molar-refractivity contribution in [1.29, 1.82) is 0 Å². The second kappa shape index (κ2) is 6.25. The third kappa shape index (κ3) is 2.56. The first-order chi connectivity index (χ1) is 12.6. The molecule has 5 rings (SSSR count). The number of nitrogens with zero attached hydrogens (tertiary/aromatic N) is 2. The molecule has 4 aliphatic rings. The van der Waals surface area contributed by atoms with Gasteiger partial charge in [-0.15, -0.1) is 0 Å². The molecule has 0 spiro atoms. The number of rotatable bonds is 2. The summed E-state index contributed by atoms with van der Waals surface area (Å²) >= 11 is 4.79. The van der Waals surface area contributed by atoms with Crippen LogP contribution in [0.4, 0.5) is 5.69 Å². The van der Waals surface area contributed by atoms with Crippen molar-refractivity contribution in [3.63, 3.8) is 0 Å². The fourth-order valence-electron chi connectivity index (χ4n) is 5.08. The molecule has 7 heteroatoms. The zero-order valence-electron chi connectivity index (χ0n) is 14.6. The SMILES string of the molecule is O=C1CCC(N2Cc3cc(N4C5CCC4CNC5)ccc3C2S)C(=O)N1. The Morgan fingerprint density at radius 2 is 1.85 bits per heavy atom. The Balaban J connectivity index is 1.40. The average molecular weight is 372 g/mol. The molecule has 4 heterocycles. The van der Waals surface area contributed by atoms with Gasteiger partial charge < -0.3 is 10.2 Å². The Labute approximate surface area is 158 Å². The van der Waals surface area contributed by atoms with Crippen molar-refractivity contribution in [1.82, 2.24) is 15.5 Å². The molecule has 138 valence electrons. The van der Waals surface area contributed by atoms with Gasteiger partial charge in [0.2, 0.25) is 11.8 Å². The lowest BCUT2D eigenvalue weighted by Crippen LogP contribution is -2.52. The van der Waals surface area contributed by atoms with Crippen LogP contribution in [0.15, 0.2) is 18.2 Å². The summed E-state index contributed by atoms with van der Waals surface area (Å²) in [6.45, 7) is 2.83. The summed E-state index contributed by atoms with van der Waals surface area (Å²) < 4.78 is 0. The number of piperidine rings is 1. The standard InChI is InChI=1S/C19H24N4O2S/c24-17-6-5-16(18(25)21-17)22-10-11-7-12(3-4-15(11)19(22)26)23-13-1-2-14(23)9-20-8-13/h3-4,7,13-14,16,19-20,26H,1-2,5-6,8-10H2,(H,21,24,25). The molecule has 1 aromatic rings. The van der Waals surface area contributed by atoms with Crippen molar-refractivity contribution < 1.29 is 9.59 Å². The first-order valence-electron chi connectivity index (χ1n) is 9.51. The van der Waals surface area contributed by atoms with E-state index in [0.29, 0.717) is 31.5 Å². The van der Waals surface area contributed by atoms with Gasteiger partial charge in [-0.2, -0.15) is 12.6 Å². The van der Waals surface area contributed by atoms with Crippen molar-refractivity contribution in [3.05, 3.63) is 29.3 Å². The zero-order chi connectivity index (χ0) is 17.8. The summed E-state index contributed by atoms with van der Waals surface area (Å²) in [5.74, 6) is -0.358. The number of piperazine rings is 1. The Bertz CT molecular complexity index is 754. The van der Waals surface area contributed by atoms with Crippen molar-refractivity contribution in [3.8, 4) is 0 Å². The highest BCUT2D eigenvalue weighted by Crippen LogP contribution is 2.42. The monoisotopic (exact) mass is 372 g/mol. The van der Waals surface area contributed by atoms with Crippen LogP contribution in [0.5, 0.6) is 0 Å². The van der Waals surface area contributed by atoms with Crippen molar-refractivity contribution in [2.75, 3.05) is 18.0 Å². The predicted molar refractivity (Wildman–Crippen MR) is 102 cm³/mol. The van der Waals surface area contributed by atoms with Gasteiger partial charge in [-0.1, -0.05) is 6.07 Å². The third-order valence-electron chi connectivity index (χ3n) is 6.36. The second-order valence-corrected chi connectivity index (χ2v) is 8.34. The van der Waals surface area contributed by atoms with E-state index in [2.05, 4.69) is 38.6 Å². The second-order valence-electron chi connectivity index (χ2n) is 7.85. The first kappa shape index (κ1) is 16.6. The Morgan fingerprint density at radius 3 is 2.58 bits per heavy atom. The summed E-state index contributed by atoms with van der Waals surface area (Å²) in [6.07, 6.45) is 3.49. The summed E-state index contributed by atoms with van der Waals surface area (Å²) in [7, 11) is 0. The predicted octanol–water partition coefficient (Wildman–Crippen LogP) is 1.18. The highest BCUT2D eigenvalue weighted by Gasteiger charge is 2.40. The molecule has 1 aromatic carbocycles. The fraction of sp³-hybridized carbons (Fsp3) is 0.579. The number of thiol groups is 1.